The molecule has 40 heavy (non-hydrogen) atoms. The summed E-state index contributed by atoms with van der Waals surface area (Å²) >= 11 is 6.18. The van der Waals surface area contributed by atoms with E-state index in [1.54, 1.807) is 0 Å². The van der Waals surface area contributed by atoms with Gasteiger partial charge in [-0.05, 0) is 89.8 Å². The van der Waals surface area contributed by atoms with Crippen LogP contribution in [0.3, 0.4) is 0 Å². The number of amides is 2. The fraction of sp³-hybridized carbons (Fsp3) is 0.719. The Hall–Kier alpha value is -2.12. The summed E-state index contributed by atoms with van der Waals surface area (Å²) in [7, 11) is 0. The standard InChI is InChI=1S/C32H49ClN4O3/c1-30(2,3)36-19-26(22-8-10-23(33)11-9-22)27(20-36)28(38)35-17-14-25(18-35)37(29(39)32(6,7)21-34-40)24-12-15-31(4,5)16-13-24/h8-11,21,24-27,40H,12-20H2,1-7H3/t25-,26-,27+/m0/s1. The second-order valence-corrected chi connectivity index (χ2v) is 15.1. The molecule has 2 heterocycles. The first-order valence-corrected chi connectivity index (χ1v) is 15.3. The summed E-state index contributed by atoms with van der Waals surface area (Å²) in [5, 5.41) is 13.2. The SMILES string of the molecule is CC1(C)CCC(N(C(=O)C(C)(C)C=NO)[C@H]2CCN(C(=O)[C@@H]3CN(C(C)(C)C)C[C@H]3c3ccc(Cl)cc3)C2)CC1. The zero-order chi connectivity index (χ0) is 29.5. The van der Waals surface area contributed by atoms with Gasteiger partial charge < -0.3 is 15.0 Å². The lowest BCUT2D eigenvalue weighted by atomic mass is 9.74. The summed E-state index contributed by atoms with van der Waals surface area (Å²) in [6, 6.07) is 8.04. The van der Waals surface area contributed by atoms with Gasteiger partial charge in [0.15, 0.2) is 0 Å². The van der Waals surface area contributed by atoms with Crippen LogP contribution in [0.5, 0.6) is 0 Å². The van der Waals surface area contributed by atoms with Gasteiger partial charge in [-0.1, -0.05) is 37.6 Å². The molecule has 2 saturated heterocycles. The number of hydrogen-bond donors (Lipinski definition) is 1. The Bertz CT molecular complexity index is 1080. The summed E-state index contributed by atoms with van der Waals surface area (Å²) < 4.78 is 0. The molecular formula is C32H49ClN4O3. The Morgan fingerprint density at radius 2 is 1.62 bits per heavy atom. The maximum atomic E-state index is 14.2. The maximum absolute atomic E-state index is 14.2. The number of oxime groups is 1. The van der Waals surface area contributed by atoms with E-state index in [4.69, 9.17) is 11.6 Å². The van der Waals surface area contributed by atoms with Crippen molar-refractivity contribution >= 4 is 29.6 Å². The van der Waals surface area contributed by atoms with E-state index in [9.17, 15) is 14.8 Å². The molecule has 0 unspecified atom stereocenters. The fourth-order valence-electron chi connectivity index (χ4n) is 6.88. The van der Waals surface area contributed by atoms with Crippen molar-refractivity contribution in [2.75, 3.05) is 26.2 Å². The number of nitrogens with zero attached hydrogens (tertiary/aromatic N) is 4. The molecule has 7 nitrogen and oxygen atoms in total. The minimum absolute atomic E-state index is 0.0203. The van der Waals surface area contributed by atoms with E-state index in [2.05, 4.69) is 61.7 Å². The Labute approximate surface area is 245 Å². The normalized spacial score (nSPS) is 26.5. The largest absolute Gasteiger partial charge is 0.411 e. The molecule has 0 bridgehead atoms. The molecule has 2 amide bonds. The second-order valence-electron chi connectivity index (χ2n) is 14.6. The lowest BCUT2D eigenvalue weighted by Crippen LogP contribution is -2.55. The molecule has 1 N–H and O–H groups in total. The van der Waals surface area contributed by atoms with Crippen LogP contribution in [0.25, 0.3) is 0 Å². The maximum Gasteiger partial charge on any atom is 0.234 e. The molecule has 4 rings (SSSR count). The van der Waals surface area contributed by atoms with Crippen LogP contribution in [-0.2, 0) is 9.59 Å². The predicted molar refractivity (Wildman–Crippen MR) is 161 cm³/mol. The number of rotatable bonds is 6. The Balaban J connectivity index is 1.56. The molecule has 3 atom stereocenters. The number of hydrogen-bond acceptors (Lipinski definition) is 5. The molecule has 1 saturated carbocycles. The van der Waals surface area contributed by atoms with E-state index in [1.807, 2.05) is 30.9 Å². The number of carbonyl (C=O) groups excluding carboxylic acids is 2. The van der Waals surface area contributed by atoms with E-state index >= 15 is 0 Å². The second kappa shape index (κ2) is 11.6. The first-order chi connectivity index (χ1) is 18.6. The van der Waals surface area contributed by atoms with Crippen molar-refractivity contribution in [3.05, 3.63) is 34.9 Å². The van der Waals surface area contributed by atoms with Crippen LogP contribution in [0.4, 0.5) is 0 Å². The topological polar surface area (TPSA) is 76.5 Å². The van der Waals surface area contributed by atoms with Gasteiger partial charge >= 0.3 is 0 Å². The minimum atomic E-state index is -0.919. The van der Waals surface area contributed by atoms with Crippen molar-refractivity contribution in [2.24, 2.45) is 21.9 Å². The molecule has 1 aromatic rings. The highest BCUT2D eigenvalue weighted by Gasteiger charge is 2.47. The van der Waals surface area contributed by atoms with Crippen LogP contribution in [0.1, 0.15) is 92.1 Å². The first-order valence-electron chi connectivity index (χ1n) is 14.9. The third-order valence-corrected chi connectivity index (χ3v) is 9.87. The Morgan fingerprint density at radius 1 is 1.00 bits per heavy atom. The molecule has 3 aliphatic rings. The van der Waals surface area contributed by atoms with Gasteiger partial charge in [0.2, 0.25) is 11.8 Å². The van der Waals surface area contributed by atoms with Gasteiger partial charge in [-0.3, -0.25) is 14.5 Å². The number of benzene rings is 1. The van der Waals surface area contributed by atoms with Gasteiger partial charge in [-0.2, -0.15) is 0 Å². The van der Waals surface area contributed by atoms with E-state index in [1.165, 1.54) is 6.21 Å². The minimum Gasteiger partial charge on any atom is -0.411 e. The van der Waals surface area contributed by atoms with Crippen molar-refractivity contribution in [1.29, 1.82) is 0 Å². The van der Waals surface area contributed by atoms with Crippen LogP contribution in [-0.4, -0.2) is 81.7 Å². The molecule has 1 aliphatic carbocycles. The average molecular weight is 573 g/mol. The van der Waals surface area contributed by atoms with E-state index in [0.717, 1.165) is 50.8 Å². The highest BCUT2D eigenvalue weighted by Crippen LogP contribution is 2.41. The quantitative estimate of drug-likeness (QED) is 0.256. The highest BCUT2D eigenvalue weighted by molar-refractivity contribution is 6.30. The molecule has 1 aromatic carbocycles. The average Bonchev–Trinajstić information content (AvgIpc) is 3.53. The molecule has 0 spiro atoms. The molecule has 0 aromatic heterocycles. The third kappa shape index (κ3) is 6.67. The van der Waals surface area contributed by atoms with Crippen molar-refractivity contribution in [3.8, 4) is 0 Å². The summed E-state index contributed by atoms with van der Waals surface area (Å²) in [4.78, 5) is 34.6. The summed E-state index contributed by atoms with van der Waals surface area (Å²) in [6.07, 6.45) is 6.15. The van der Waals surface area contributed by atoms with E-state index < -0.39 is 5.41 Å². The first kappa shape index (κ1) is 30.8. The van der Waals surface area contributed by atoms with Gasteiger partial charge in [0.1, 0.15) is 0 Å². The van der Waals surface area contributed by atoms with Crippen molar-refractivity contribution in [2.45, 2.75) is 104 Å². The predicted octanol–water partition coefficient (Wildman–Crippen LogP) is 6.04. The van der Waals surface area contributed by atoms with Crippen LogP contribution >= 0.6 is 11.6 Å². The summed E-state index contributed by atoms with van der Waals surface area (Å²) in [5.74, 6) is 0.119. The van der Waals surface area contributed by atoms with E-state index in [-0.39, 0.29) is 46.7 Å². The molecular weight excluding hydrogens is 524 g/mol. The zero-order valence-corrected chi connectivity index (χ0v) is 26.2. The lowest BCUT2D eigenvalue weighted by Gasteiger charge is -2.44. The van der Waals surface area contributed by atoms with Crippen LogP contribution < -0.4 is 0 Å². The Morgan fingerprint density at radius 3 is 2.20 bits per heavy atom. The number of carbonyl (C=O) groups is 2. The van der Waals surface area contributed by atoms with Crippen LogP contribution in [0.2, 0.25) is 5.02 Å². The third-order valence-electron chi connectivity index (χ3n) is 9.62. The van der Waals surface area contributed by atoms with Gasteiger partial charge in [0.25, 0.3) is 0 Å². The summed E-state index contributed by atoms with van der Waals surface area (Å²) in [5.41, 5.74) is 0.475. The van der Waals surface area contributed by atoms with Crippen molar-refractivity contribution in [3.63, 3.8) is 0 Å². The van der Waals surface area contributed by atoms with Crippen molar-refractivity contribution in [1.82, 2.24) is 14.7 Å². The highest BCUT2D eigenvalue weighted by atomic mass is 35.5. The fourth-order valence-corrected chi connectivity index (χ4v) is 7.00. The summed E-state index contributed by atoms with van der Waals surface area (Å²) in [6.45, 7) is 17.6. The van der Waals surface area contributed by atoms with Gasteiger partial charge in [-0.25, -0.2) is 0 Å². The number of halogens is 1. The lowest BCUT2D eigenvalue weighted by molar-refractivity contribution is -0.144. The van der Waals surface area contributed by atoms with Crippen molar-refractivity contribution < 1.29 is 14.8 Å². The number of likely N-dealkylation sites (tertiary alicyclic amines) is 2. The molecule has 8 heteroatoms. The van der Waals surface area contributed by atoms with E-state index in [0.29, 0.717) is 18.1 Å². The van der Waals surface area contributed by atoms with Gasteiger partial charge in [-0.15, -0.1) is 5.16 Å². The monoisotopic (exact) mass is 572 g/mol. The van der Waals surface area contributed by atoms with Gasteiger partial charge in [0, 0.05) is 48.7 Å². The van der Waals surface area contributed by atoms with Gasteiger partial charge in [0.05, 0.1) is 23.6 Å². The van der Waals surface area contributed by atoms with Crippen LogP contribution in [0, 0.1) is 16.7 Å². The molecule has 3 fully saturated rings. The zero-order valence-electron chi connectivity index (χ0n) is 25.5. The smallest absolute Gasteiger partial charge is 0.234 e. The van der Waals surface area contributed by atoms with Crippen LogP contribution in [0.15, 0.2) is 29.4 Å². The molecule has 0 radical (unpaired) electrons. The molecule has 222 valence electrons. The Kier molecular flexibility index (Phi) is 8.97. The molecule has 2 aliphatic heterocycles.